The molecule has 0 aliphatic heterocycles. The minimum absolute atomic E-state index is 0.591. The summed E-state index contributed by atoms with van der Waals surface area (Å²) in [4.78, 5) is 0. The van der Waals surface area contributed by atoms with E-state index in [-0.39, 0.29) is 0 Å². The molecule has 0 radical (unpaired) electrons. The zero-order valence-corrected chi connectivity index (χ0v) is 30.4. The van der Waals surface area contributed by atoms with Gasteiger partial charge >= 0.3 is 17.6 Å². The number of hydrogen-bond acceptors (Lipinski definition) is 7. The third-order valence-corrected chi connectivity index (χ3v) is 14.7. The van der Waals surface area contributed by atoms with E-state index >= 15 is 0 Å². The Bertz CT molecular complexity index is 478. The van der Waals surface area contributed by atoms with E-state index in [0.29, 0.717) is 26.4 Å². The quantitative estimate of drug-likeness (QED) is 0.0552. The largest absolute Gasteiger partial charge is 0.493 e. The Morgan fingerprint density at radius 3 is 0.976 bits per heavy atom. The molecule has 248 valence electrons. The van der Waals surface area contributed by atoms with Gasteiger partial charge in [0.15, 0.2) is 0 Å². The Labute approximate surface area is 258 Å². The summed E-state index contributed by atoms with van der Waals surface area (Å²) in [6, 6.07) is 1.68. The van der Waals surface area contributed by atoms with Gasteiger partial charge in [-0.05, 0) is 92.4 Å². The zero-order valence-electron chi connectivity index (χ0n) is 28.4. The molecular formula is C32H72N2O5Si2. The van der Waals surface area contributed by atoms with Gasteiger partial charge in [-0.2, -0.15) is 0 Å². The van der Waals surface area contributed by atoms with Crippen LogP contribution in [0.25, 0.3) is 0 Å². The summed E-state index contributed by atoms with van der Waals surface area (Å²) >= 11 is 0. The van der Waals surface area contributed by atoms with Gasteiger partial charge < -0.3 is 32.5 Å². The highest BCUT2D eigenvalue weighted by Crippen LogP contribution is 2.30. The molecule has 0 heterocycles. The molecule has 9 heteroatoms. The fourth-order valence-electron chi connectivity index (χ4n) is 5.16. The van der Waals surface area contributed by atoms with Crippen LogP contribution in [0.3, 0.4) is 0 Å². The molecule has 0 atom stereocenters. The van der Waals surface area contributed by atoms with Gasteiger partial charge in [-0.15, -0.1) is 0 Å². The molecule has 0 saturated carbocycles. The van der Waals surface area contributed by atoms with Gasteiger partial charge in [0.25, 0.3) is 0 Å². The third kappa shape index (κ3) is 23.2. The van der Waals surface area contributed by atoms with Gasteiger partial charge in [-0.1, -0.05) is 78.1 Å². The molecule has 0 saturated heterocycles. The van der Waals surface area contributed by atoms with Crippen molar-refractivity contribution in [1.29, 1.82) is 0 Å². The van der Waals surface area contributed by atoms with Crippen molar-refractivity contribution >= 4 is 17.6 Å². The molecule has 0 aromatic carbocycles. The standard InChI is InChI=1S/C32H72N2O5Si2/c1-7-13-27-33-29-23-19-15-17-21-25-31-40(35-9-3,36-10-4)39-41(37-11-5,38-12-6)32-26-22-18-16-20-24-30-34-28-14-8-2/h33-34H,7-32H2,1-6H3. The lowest BCUT2D eigenvalue weighted by molar-refractivity contribution is 0.0487. The average Bonchev–Trinajstić information content (AvgIpc) is 2.95. The summed E-state index contributed by atoms with van der Waals surface area (Å²) in [6.45, 7) is 19.6. The fourth-order valence-corrected chi connectivity index (χ4v) is 12.7. The Hall–Kier alpha value is 0.154. The first-order valence-corrected chi connectivity index (χ1v) is 21.6. The van der Waals surface area contributed by atoms with Crippen molar-refractivity contribution in [3.8, 4) is 0 Å². The van der Waals surface area contributed by atoms with Crippen LogP contribution < -0.4 is 10.6 Å². The topological polar surface area (TPSA) is 70.2 Å². The molecule has 0 aliphatic rings. The van der Waals surface area contributed by atoms with Crippen molar-refractivity contribution in [3.05, 3.63) is 0 Å². The first-order valence-electron chi connectivity index (χ1n) is 17.7. The second-order valence-corrected chi connectivity index (χ2v) is 16.9. The molecule has 0 aliphatic carbocycles. The van der Waals surface area contributed by atoms with Crippen molar-refractivity contribution in [2.24, 2.45) is 0 Å². The molecule has 41 heavy (non-hydrogen) atoms. The number of rotatable bonds is 34. The number of unbranched alkanes of at least 4 members (excludes halogenated alkanes) is 12. The molecule has 7 nitrogen and oxygen atoms in total. The number of hydrogen-bond donors (Lipinski definition) is 2. The molecule has 0 aromatic rings. The molecule has 0 fully saturated rings. The Morgan fingerprint density at radius 2 is 0.659 bits per heavy atom. The van der Waals surface area contributed by atoms with Crippen LogP contribution >= 0.6 is 0 Å². The summed E-state index contributed by atoms with van der Waals surface area (Å²) in [7, 11) is -5.81. The van der Waals surface area contributed by atoms with Gasteiger partial charge in [0.2, 0.25) is 0 Å². The molecule has 0 amide bonds. The SMILES string of the molecule is CCCCNCCCCCCCC[Si](OCC)(OCC)O[Si](CCCCCCCCNCCCC)(OCC)OCC. The van der Waals surface area contributed by atoms with E-state index < -0.39 is 17.6 Å². The maximum Gasteiger partial charge on any atom is 0.493 e. The van der Waals surface area contributed by atoms with Crippen LogP contribution in [0.2, 0.25) is 12.1 Å². The monoisotopic (exact) mass is 620 g/mol. The molecule has 0 bridgehead atoms. The molecule has 0 unspecified atom stereocenters. The van der Waals surface area contributed by atoms with Crippen molar-refractivity contribution < 1.29 is 21.8 Å². The summed E-state index contributed by atoms with van der Waals surface area (Å²) in [5, 5.41) is 7.10. The summed E-state index contributed by atoms with van der Waals surface area (Å²) in [6.07, 6.45) is 19.8. The molecule has 0 spiro atoms. The van der Waals surface area contributed by atoms with Crippen LogP contribution in [-0.4, -0.2) is 70.2 Å². The van der Waals surface area contributed by atoms with Crippen LogP contribution in [0.1, 0.15) is 144 Å². The van der Waals surface area contributed by atoms with E-state index in [9.17, 15) is 0 Å². The average molecular weight is 621 g/mol. The van der Waals surface area contributed by atoms with E-state index in [2.05, 4.69) is 24.5 Å². The summed E-state index contributed by atoms with van der Waals surface area (Å²) in [5.41, 5.74) is 0. The Kier molecular flexibility index (Phi) is 30.3. The van der Waals surface area contributed by atoms with Gasteiger partial charge in [0, 0.05) is 38.5 Å². The Balaban J connectivity index is 4.76. The molecule has 0 aromatic heterocycles. The maximum absolute atomic E-state index is 6.94. The first-order chi connectivity index (χ1) is 20.1. The van der Waals surface area contributed by atoms with Crippen LogP contribution in [-0.2, 0) is 21.8 Å². The second kappa shape index (κ2) is 30.2. The van der Waals surface area contributed by atoms with Crippen LogP contribution in [0.15, 0.2) is 0 Å². The lowest BCUT2D eigenvalue weighted by Gasteiger charge is -2.38. The third-order valence-electron chi connectivity index (χ3n) is 7.36. The normalized spacial score (nSPS) is 12.4. The smallest absolute Gasteiger partial charge is 0.374 e. The van der Waals surface area contributed by atoms with Gasteiger partial charge in [-0.25, -0.2) is 0 Å². The minimum atomic E-state index is -2.90. The highest BCUT2D eigenvalue weighted by molar-refractivity contribution is 6.75. The van der Waals surface area contributed by atoms with E-state index in [1.54, 1.807) is 0 Å². The molecule has 0 rings (SSSR count). The number of nitrogens with one attached hydrogen (secondary N) is 2. The van der Waals surface area contributed by atoms with Crippen LogP contribution in [0.5, 0.6) is 0 Å². The van der Waals surface area contributed by atoms with Crippen LogP contribution in [0, 0.1) is 0 Å². The fraction of sp³-hybridized carbons (Fsp3) is 1.00. The van der Waals surface area contributed by atoms with Crippen molar-refractivity contribution in [2.45, 2.75) is 156 Å². The predicted molar refractivity (Wildman–Crippen MR) is 180 cm³/mol. The van der Waals surface area contributed by atoms with E-state index in [4.69, 9.17) is 21.8 Å². The van der Waals surface area contributed by atoms with E-state index in [1.165, 1.54) is 89.9 Å². The Morgan fingerprint density at radius 1 is 0.366 bits per heavy atom. The minimum Gasteiger partial charge on any atom is -0.374 e. The molecule has 2 N–H and O–H groups in total. The molecular weight excluding hydrogens is 549 g/mol. The summed E-state index contributed by atoms with van der Waals surface area (Å²) in [5.74, 6) is 0. The van der Waals surface area contributed by atoms with Crippen molar-refractivity contribution in [2.75, 3.05) is 52.6 Å². The zero-order chi connectivity index (χ0) is 30.3. The maximum atomic E-state index is 6.94. The first kappa shape index (κ1) is 41.2. The van der Waals surface area contributed by atoms with Gasteiger partial charge in [0.1, 0.15) is 0 Å². The van der Waals surface area contributed by atoms with E-state index in [1.807, 2.05) is 27.7 Å². The second-order valence-electron chi connectivity index (χ2n) is 11.1. The highest BCUT2D eigenvalue weighted by atomic mass is 28.5. The van der Waals surface area contributed by atoms with Gasteiger partial charge in [-0.3, -0.25) is 0 Å². The van der Waals surface area contributed by atoms with Crippen LogP contribution in [0.4, 0.5) is 0 Å². The van der Waals surface area contributed by atoms with Gasteiger partial charge in [0.05, 0.1) is 0 Å². The predicted octanol–water partition coefficient (Wildman–Crippen LogP) is 8.49. The summed E-state index contributed by atoms with van der Waals surface area (Å²) < 4.78 is 32.4. The van der Waals surface area contributed by atoms with Crippen molar-refractivity contribution in [3.63, 3.8) is 0 Å². The lowest BCUT2D eigenvalue weighted by atomic mass is 10.1. The van der Waals surface area contributed by atoms with Crippen molar-refractivity contribution in [1.82, 2.24) is 10.6 Å². The highest BCUT2D eigenvalue weighted by Gasteiger charge is 2.52. The van der Waals surface area contributed by atoms with E-state index in [0.717, 1.165) is 51.1 Å². The lowest BCUT2D eigenvalue weighted by Crippen LogP contribution is -2.59.